The van der Waals surface area contributed by atoms with Crippen molar-refractivity contribution in [2.24, 2.45) is 0 Å². The topological polar surface area (TPSA) is 52.6 Å². The van der Waals surface area contributed by atoms with Crippen molar-refractivity contribution < 1.29 is 9.90 Å². The molecule has 2 atom stereocenters. The highest BCUT2D eigenvalue weighted by atomic mass is 79.9. The second-order valence-electron chi connectivity index (χ2n) is 5.07. The molecule has 2 unspecified atom stereocenters. The van der Waals surface area contributed by atoms with Crippen molar-refractivity contribution in [1.29, 1.82) is 0 Å². The smallest absolute Gasteiger partial charge is 0.304 e. The van der Waals surface area contributed by atoms with Crippen molar-refractivity contribution in [2.75, 3.05) is 18.0 Å². The van der Waals surface area contributed by atoms with E-state index in [1.807, 2.05) is 12.1 Å². The first kappa shape index (κ1) is 14.3. The van der Waals surface area contributed by atoms with Crippen molar-refractivity contribution in [3.05, 3.63) is 28.7 Å². The van der Waals surface area contributed by atoms with E-state index in [0.717, 1.165) is 29.7 Å². The van der Waals surface area contributed by atoms with E-state index in [-0.39, 0.29) is 12.5 Å². The predicted octanol–water partition coefficient (Wildman–Crippen LogP) is 2.48. The summed E-state index contributed by atoms with van der Waals surface area (Å²) in [6.07, 6.45) is 1.18. The van der Waals surface area contributed by atoms with E-state index >= 15 is 0 Å². The molecule has 2 rings (SSSR count). The van der Waals surface area contributed by atoms with Gasteiger partial charge < -0.3 is 15.3 Å². The van der Waals surface area contributed by atoms with Crippen LogP contribution in [0.25, 0.3) is 0 Å². The molecule has 1 saturated heterocycles. The number of hydrogen-bond donors (Lipinski definition) is 2. The summed E-state index contributed by atoms with van der Waals surface area (Å²) in [5.41, 5.74) is 1.15. The van der Waals surface area contributed by atoms with Crippen LogP contribution in [0.3, 0.4) is 0 Å². The number of benzene rings is 1. The van der Waals surface area contributed by atoms with Gasteiger partial charge >= 0.3 is 5.97 Å². The number of rotatable bonds is 3. The molecule has 19 heavy (non-hydrogen) atoms. The Balaban J connectivity index is 2.11. The van der Waals surface area contributed by atoms with Crippen LogP contribution in [-0.2, 0) is 4.79 Å². The number of nitrogens with one attached hydrogen (secondary N) is 1. The van der Waals surface area contributed by atoms with Crippen LogP contribution in [0, 0.1) is 0 Å². The van der Waals surface area contributed by atoms with E-state index in [0.29, 0.717) is 6.04 Å². The van der Waals surface area contributed by atoms with Crippen molar-refractivity contribution in [2.45, 2.75) is 31.8 Å². The van der Waals surface area contributed by atoms with Crippen molar-refractivity contribution in [3.8, 4) is 0 Å². The maximum absolute atomic E-state index is 10.9. The van der Waals surface area contributed by atoms with Crippen LogP contribution in [0.5, 0.6) is 0 Å². The zero-order valence-electron chi connectivity index (χ0n) is 11.0. The summed E-state index contributed by atoms with van der Waals surface area (Å²) in [5.74, 6) is -0.748. The molecule has 1 aliphatic heterocycles. The minimum absolute atomic E-state index is 0.00125. The quantitative estimate of drug-likeness (QED) is 0.896. The number of carbonyl (C=O) groups is 1. The standard InChI is InChI=1S/C14H19BrN2O2/c1-10-6-7-17(9-12(16-10)8-14(18)19)13-4-2-11(15)3-5-13/h2-5,10,12,16H,6-9H2,1H3,(H,18,19). The van der Waals surface area contributed by atoms with Gasteiger partial charge in [0.05, 0.1) is 6.42 Å². The van der Waals surface area contributed by atoms with Crippen LogP contribution in [0.4, 0.5) is 5.69 Å². The molecule has 0 amide bonds. The fraction of sp³-hybridized carbons (Fsp3) is 0.500. The van der Waals surface area contributed by atoms with Gasteiger partial charge in [0.2, 0.25) is 0 Å². The average Bonchev–Trinajstić information content (AvgIpc) is 2.51. The van der Waals surface area contributed by atoms with E-state index in [9.17, 15) is 4.79 Å². The first-order chi connectivity index (χ1) is 9.04. The van der Waals surface area contributed by atoms with Gasteiger partial charge in [-0.3, -0.25) is 4.79 Å². The van der Waals surface area contributed by atoms with Gasteiger partial charge in [-0.15, -0.1) is 0 Å². The Labute approximate surface area is 121 Å². The lowest BCUT2D eigenvalue weighted by Gasteiger charge is -2.26. The summed E-state index contributed by atoms with van der Waals surface area (Å²) >= 11 is 3.43. The van der Waals surface area contributed by atoms with Crippen molar-refractivity contribution >= 4 is 27.6 Å². The molecular weight excluding hydrogens is 308 g/mol. The third-order valence-corrected chi connectivity index (χ3v) is 3.93. The molecule has 1 aromatic carbocycles. The Morgan fingerprint density at radius 2 is 2.16 bits per heavy atom. The van der Waals surface area contributed by atoms with Gasteiger partial charge in [-0.2, -0.15) is 0 Å². The van der Waals surface area contributed by atoms with Gasteiger partial charge in [0.1, 0.15) is 0 Å². The van der Waals surface area contributed by atoms with Crippen LogP contribution in [-0.4, -0.2) is 36.2 Å². The van der Waals surface area contributed by atoms with E-state index in [4.69, 9.17) is 5.11 Å². The van der Waals surface area contributed by atoms with Gasteiger partial charge in [0, 0.05) is 35.3 Å². The van der Waals surface area contributed by atoms with Crippen LogP contribution < -0.4 is 10.2 Å². The molecular formula is C14H19BrN2O2. The second-order valence-corrected chi connectivity index (χ2v) is 5.99. The third-order valence-electron chi connectivity index (χ3n) is 3.41. The molecule has 0 saturated carbocycles. The Kier molecular flexibility index (Phi) is 4.82. The van der Waals surface area contributed by atoms with Gasteiger partial charge in [0.25, 0.3) is 0 Å². The maximum Gasteiger partial charge on any atom is 0.304 e. The summed E-state index contributed by atoms with van der Waals surface area (Å²) < 4.78 is 1.06. The molecule has 104 valence electrons. The first-order valence-electron chi connectivity index (χ1n) is 6.53. The van der Waals surface area contributed by atoms with Gasteiger partial charge in [-0.1, -0.05) is 15.9 Å². The zero-order valence-corrected chi connectivity index (χ0v) is 12.6. The molecule has 1 fully saturated rings. The van der Waals surface area contributed by atoms with E-state index < -0.39 is 5.97 Å². The number of halogens is 1. The number of aliphatic carboxylic acids is 1. The number of carboxylic acids is 1. The summed E-state index contributed by atoms with van der Waals surface area (Å²) in [4.78, 5) is 13.2. The number of hydrogen-bond acceptors (Lipinski definition) is 3. The molecule has 1 aromatic rings. The first-order valence-corrected chi connectivity index (χ1v) is 7.32. The lowest BCUT2D eigenvalue weighted by atomic mass is 10.1. The molecule has 1 aliphatic rings. The van der Waals surface area contributed by atoms with E-state index in [1.165, 1.54) is 0 Å². The molecule has 5 heteroatoms. The molecule has 1 heterocycles. The fourth-order valence-corrected chi connectivity index (χ4v) is 2.73. The minimum atomic E-state index is -0.748. The van der Waals surface area contributed by atoms with Crippen LogP contribution in [0.15, 0.2) is 28.7 Å². The summed E-state index contributed by atoms with van der Waals surface area (Å²) in [5, 5.41) is 12.4. The second kappa shape index (κ2) is 6.39. The van der Waals surface area contributed by atoms with Gasteiger partial charge in [-0.25, -0.2) is 0 Å². The molecule has 0 bridgehead atoms. The molecule has 0 radical (unpaired) electrons. The van der Waals surface area contributed by atoms with Crippen molar-refractivity contribution in [3.63, 3.8) is 0 Å². The Hall–Kier alpha value is -1.07. The third kappa shape index (κ3) is 4.21. The Bertz CT molecular complexity index is 436. The van der Waals surface area contributed by atoms with E-state index in [2.05, 4.69) is 45.2 Å². The maximum atomic E-state index is 10.9. The largest absolute Gasteiger partial charge is 0.481 e. The SMILES string of the molecule is CC1CCN(c2ccc(Br)cc2)CC(CC(=O)O)N1. The fourth-order valence-electron chi connectivity index (χ4n) is 2.47. The van der Waals surface area contributed by atoms with Crippen LogP contribution in [0.1, 0.15) is 19.8 Å². The summed E-state index contributed by atoms with van der Waals surface area (Å²) in [6.45, 7) is 3.80. The van der Waals surface area contributed by atoms with Crippen LogP contribution >= 0.6 is 15.9 Å². The number of anilines is 1. The molecule has 2 N–H and O–H groups in total. The molecule has 0 aromatic heterocycles. The molecule has 0 spiro atoms. The molecule has 0 aliphatic carbocycles. The Morgan fingerprint density at radius 3 is 2.79 bits per heavy atom. The number of nitrogens with zero attached hydrogens (tertiary/aromatic N) is 1. The predicted molar refractivity (Wildman–Crippen MR) is 79.6 cm³/mol. The highest BCUT2D eigenvalue weighted by Gasteiger charge is 2.23. The highest BCUT2D eigenvalue weighted by molar-refractivity contribution is 9.10. The molecule has 4 nitrogen and oxygen atoms in total. The van der Waals surface area contributed by atoms with Crippen molar-refractivity contribution in [1.82, 2.24) is 5.32 Å². The summed E-state index contributed by atoms with van der Waals surface area (Å²) in [6, 6.07) is 8.52. The average molecular weight is 327 g/mol. The minimum Gasteiger partial charge on any atom is -0.481 e. The lowest BCUT2D eigenvalue weighted by molar-refractivity contribution is -0.137. The zero-order chi connectivity index (χ0) is 13.8. The van der Waals surface area contributed by atoms with Crippen LogP contribution in [0.2, 0.25) is 0 Å². The highest BCUT2D eigenvalue weighted by Crippen LogP contribution is 2.21. The Morgan fingerprint density at radius 1 is 1.47 bits per heavy atom. The number of carboxylic acid groups (broad SMARTS) is 1. The van der Waals surface area contributed by atoms with Gasteiger partial charge in [0.15, 0.2) is 0 Å². The monoisotopic (exact) mass is 326 g/mol. The normalized spacial score (nSPS) is 24.0. The van der Waals surface area contributed by atoms with Gasteiger partial charge in [-0.05, 0) is 37.6 Å². The lowest BCUT2D eigenvalue weighted by Crippen LogP contribution is -2.41. The summed E-state index contributed by atoms with van der Waals surface area (Å²) in [7, 11) is 0. The van der Waals surface area contributed by atoms with E-state index in [1.54, 1.807) is 0 Å².